The highest BCUT2D eigenvalue weighted by Gasteiger charge is 2.34. The molecule has 0 N–H and O–H groups in total. The van der Waals surface area contributed by atoms with Crippen molar-refractivity contribution in [3.05, 3.63) is 243 Å². The van der Waals surface area contributed by atoms with Crippen molar-refractivity contribution in [2.75, 3.05) is 0 Å². The van der Waals surface area contributed by atoms with E-state index in [0.29, 0.717) is 0 Å². The number of rotatable bonds is 7. The van der Waals surface area contributed by atoms with E-state index in [4.69, 9.17) is 4.42 Å². The second kappa shape index (κ2) is 14.5. The average Bonchev–Trinajstić information content (AvgIpc) is 4.03. The first kappa shape index (κ1) is 36.6. The van der Waals surface area contributed by atoms with E-state index in [0.717, 1.165) is 44.4 Å². The Morgan fingerprint density at radius 3 is 1.62 bits per heavy atom. The highest BCUT2D eigenvalue weighted by molar-refractivity contribution is 8.34. The predicted octanol–water partition coefficient (Wildman–Crippen LogP) is 16.8. The molecule has 3 heterocycles. The van der Waals surface area contributed by atoms with E-state index in [1.807, 2.05) is 6.07 Å². The molecule has 0 aliphatic carbocycles. The molecule has 0 spiro atoms. The van der Waals surface area contributed by atoms with E-state index in [1.165, 1.54) is 63.2 Å². The highest BCUT2D eigenvalue weighted by atomic mass is 32.3. The van der Waals surface area contributed by atoms with Crippen molar-refractivity contribution in [2.24, 2.45) is 0 Å². The minimum atomic E-state index is -2.08. The third kappa shape index (κ3) is 5.36. The molecule has 13 rings (SSSR count). The third-order valence-electron chi connectivity index (χ3n) is 13.0. The van der Waals surface area contributed by atoms with E-state index in [-0.39, 0.29) is 0 Å². The average molecular weight is 837 g/mol. The molecule has 302 valence electrons. The molecule has 64 heavy (non-hydrogen) atoms. The highest BCUT2D eigenvalue weighted by Crippen LogP contribution is 2.74. The van der Waals surface area contributed by atoms with Crippen molar-refractivity contribution in [3.63, 3.8) is 0 Å². The maximum atomic E-state index is 6.62. The zero-order valence-corrected chi connectivity index (χ0v) is 35.6. The summed E-state index contributed by atoms with van der Waals surface area (Å²) < 4.78 is 11.6. The molecule has 0 saturated heterocycles. The number of furan rings is 1. The molecule has 0 saturated carbocycles. The van der Waals surface area contributed by atoms with Gasteiger partial charge < -0.3 is 13.6 Å². The Morgan fingerprint density at radius 1 is 0.328 bits per heavy atom. The lowest BCUT2D eigenvalue weighted by atomic mass is 10.0. The van der Waals surface area contributed by atoms with Crippen LogP contribution in [0.1, 0.15) is 0 Å². The molecule has 3 nitrogen and oxygen atoms in total. The Kier molecular flexibility index (Phi) is 8.30. The van der Waals surface area contributed by atoms with Crippen LogP contribution in [0.4, 0.5) is 0 Å². The van der Waals surface area contributed by atoms with Crippen LogP contribution in [0, 0.1) is 0 Å². The second-order valence-corrected chi connectivity index (χ2v) is 19.6. The summed E-state index contributed by atoms with van der Waals surface area (Å²) in [5.74, 6) is 0. The van der Waals surface area contributed by atoms with E-state index in [2.05, 4.69) is 246 Å². The van der Waals surface area contributed by atoms with Crippen molar-refractivity contribution >= 4 is 75.6 Å². The quantitative estimate of drug-likeness (QED) is 0.157. The van der Waals surface area contributed by atoms with Gasteiger partial charge in [0.25, 0.3) is 0 Å². The summed E-state index contributed by atoms with van der Waals surface area (Å²) in [6.07, 6.45) is 0. The van der Waals surface area contributed by atoms with Crippen LogP contribution >= 0.6 is 10.0 Å². The van der Waals surface area contributed by atoms with Gasteiger partial charge in [0.1, 0.15) is 11.2 Å². The summed E-state index contributed by atoms with van der Waals surface area (Å²) in [6, 6.07) is 88.9. The van der Waals surface area contributed by atoms with Crippen molar-refractivity contribution in [1.82, 2.24) is 9.13 Å². The van der Waals surface area contributed by atoms with Crippen LogP contribution in [0.5, 0.6) is 0 Å². The number of aromatic nitrogens is 2. The first-order chi connectivity index (χ1) is 31.8. The number of hydrogen-bond donors (Lipinski definition) is 0. The van der Waals surface area contributed by atoms with Gasteiger partial charge in [-0.15, -0.1) is 10.0 Å². The van der Waals surface area contributed by atoms with Gasteiger partial charge in [-0.3, -0.25) is 0 Å². The molecule has 10 aromatic carbocycles. The fraction of sp³-hybridized carbons (Fsp3) is 0. The molecule has 4 heteroatoms. The molecular weight excluding hydrogens is 797 g/mol. The molecule has 0 fully saturated rings. The van der Waals surface area contributed by atoms with Gasteiger partial charge >= 0.3 is 0 Å². The molecule has 0 aliphatic heterocycles. The molecule has 3 aromatic heterocycles. The lowest BCUT2D eigenvalue weighted by Gasteiger charge is -2.42. The van der Waals surface area contributed by atoms with Gasteiger partial charge in [-0.25, -0.2) is 0 Å². The van der Waals surface area contributed by atoms with Gasteiger partial charge in [0.2, 0.25) is 0 Å². The largest absolute Gasteiger partial charge is 0.455 e. The van der Waals surface area contributed by atoms with Gasteiger partial charge in [0.15, 0.2) is 0 Å². The van der Waals surface area contributed by atoms with Crippen molar-refractivity contribution < 1.29 is 4.42 Å². The van der Waals surface area contributed by atoms with Gasteiger partial charge in [-0.05, 0) is 96.6 Å². The van der Waals surface area contributed by atoms with Gasteiger partial charge in [0.05, 0.1) is 22.1 Å². The molecule has 0 aliphatic rings. The maximum Gasteiger partial charge on any atom is 0.143 e. The molecule has 0 unspecified atom stereocenters. The van der Waals surface area contributed by atoms with Crippen LogP contribution in [0.15, 0.2) is 267 Å². The Morgan fingerprint density at radius 2 is 0.875 bits per heavy atom. The van der Waals surface area contributed by atoms with Gasteiger partial charge in [-0.2, -0.15) is 0 Å². The van der Waals surface area contributed by atoms with Crippen LogP contribution in [0.3, 0.4) is 0 Å². The zero-order chi connectivity index (χ0) is 42.2. The normalized spacial score (nSPS) is 12.3. The Balaban J connectivity index is 1.09. The fourth-order valence-corrected chi connectivity index (χ4v) is 14.3. The first-order valence-electron chi connectivity index (χ1n) is 21.8. The minimum Gasteiger partial charge on any atom is -0.455 e. The van der Waals surface area contributed by atoms with E-state index >= 15 is 0 Å². The number of benzene rings is 10. The Labute approximate surface area is 372 Å². The summed E-state index contributed by atoms with van der Waals surface area (Å²) in [7, 11) is -2.08. The van der Waals surface area contributed by atoms with Crippen LogP contribution in [0.2, 0.25) is 0 Å². The summed E-state index contributed by atoms with van der Waals surface area (Å²) in [5, 5.41) is 7.23. The van der Waals surface area contributed by atoms with Crippen LogP contribution in [0.25, 0.3) is 88.1 Å². The number of fused-ring (bicyclic) bond motifs is 10. The number of hydrogen-bond acceptors (Lipinski definition) is 1. The monoisotopic (exact) mass is 836 g/mol. The minimum absolute atomic E-state index is 0.902. The number of para-hydroxylation sites is 5. The van der Waals surface area contributed by atoms with Crippen molar-refractivity contribution in [1.29, 1.82) is 0 Å². The van der Waals surface area contributed by atoms with Crippen molar-refractivity contribution in [2.45, 2.75) is 19.6 Å². The topological polar surface area (TPSA) is 23.0 Å². The molecule has 0 amide bonds. The summed E-state index contributed by atoms with van der Waals surface area (Å²) in [5.41, 5.74) is 11.1. The van der Waals surface area contributed by atoms with Crippen LogP contribution in [-0.2, 0) is 0 Å². The van der Waals surface area contributed by atoms with Crippen molar-refractivity contribution in [3.8, 4) is 22.5 Å². The molecule has 13 aromatic rings. The third-order valence-corrected chi connectivity index (χ3v) is 16.9. The Hall–Kier alpha value is -8.05. The van der Waals surface area contributed by atoms with Gasteiger partial charge in [-0.1, -0.05) is 152 Å². The standard InChI is InChI=1S/C60H40N2OS/c1-4-20-42(21-5-1)62-54-34-13-10-29-49(54)51-37-38-56-58(59(51)62)53-31-11-14-35-55(53)61(56)43-22-17-28-47(40-43)64(44-23-6-2-7-24-44,45-25-8-3-9-26-45)46-27-16-19-41(39-46)48-32-18-33-52-50-30-12-15-36-57(50)63-60(48)52/h1-40H. The Bertz CT molecular complexity index is 3860. The lowest BCUT2D eigenvalue weighted by Crippen LogP contribution is -2.06. The predicted molar refractivity (Wildman–Crippen MR) is 268 cm³/mol. The SMILES string of the molecule is c1ccc(-n2c3ccccc3c3ccc4c(c5ccccc5n4-c4cccc(S(c5ccccc5)(c5ccccc5)c5cccc(-c6cccc7c6oc6ccccc67)c5)c4)c32)cc1. The maximum absolute atomic E-state index is 6.62. The summed E-state index contributed by atoms with van der Waals surface area (Å²) in [6.45, 7) is 0. The van der Waals surface area contributed by atoms with Gasteiger partial charge in [0, 0.05) is 68.8 Å². The van der Waals surface area contributed by atoms with Crippen LogP contribution in [-0.4, -0.2) is 9.13 Å². The fourth-order valence-electron chi connectivity index (χ4n) is 10.3. The van der Waals surface area contributed by atoms with E-state index in [9.17, 15) is 0 Å². The molecular formula is C60H40N2OS. The second-order valence-electron chi connectivity index (χ2n) is 16.4. The molecule has 0 atom stereocenters. The zero-order valence-electron chi connectivity index (χ0n) is 34.8. The summed E-state index contributed by atoms with van der Waals surface area (Å²) in [4.78, 5) is 5.05. The molecule has 0 radical (unpaired) electrons. The smallest absolute Gasteiger partial charge is 0.143 e. The molecule has 0 bridgehead atoms. The number of nitrogens with zero attached hydrogens (tertiary/aromatic N) is 2. The van der Waals surface area contributed by atoms with E-state index in [1.54, 1.807) is 0 Å². The van der Waals surface area contributed by atoms with E-state index < -0.39 is 10.0 Å². The first-order valence-corrected chi connectivity index (χ1v) is 23.5. The lowest BCUT2D eigenvalue weighted by molar-refractivity contribution is 0.670. The summed E-state index contributed by atoms with van der Waals surface area (Å²) >= 11 is 0. The van der Waals surface area contributed by atoms with Crippen LogP contribution < -0.4 is 0 Å².